The molecule has 2 aromatic carbocycles. The number of benzene rings is 2. The van der Waals surface area contributed by atoms with Crippen LogP contribution in [0.2, 0.25) is 0 Å². The quantitative estimate of drug-likeness (QED) is 0.543. The SMILES string of the molecule is O=C(Cn1nc(-c2ccc(F)cc2)oc1=O)N1CCN(S(=O)(=O)c2ccc3c(c2)CCC3)CC1. The summed E-state index contributed by atoms with van der Waals surface area (Å²) in [7, 11) is -3.64. The highest BCUT2D eigenvalue weighted by Crippen LogP contribution is 2.26. The molecule has 34 heavy (non-hydrogen) atoms. The van der Waals surface area contributed by atoms with Crippen LogP contribution in [0, 0.1) is 5.82 Å². The molecule has 1 aliphatic carbocycles. The molecule has 0 radical (unpaired) electrons. The lowest BCUT2D eigenvalue weighted by Gasteiger charge is -2.34. The molecule has 178 valence electrons. The van der Waals surface area contributed by atoms with E-state index in [1.807, 2.05) is 6.07 Å². The van der Waals surface area contributed by atoms with E-state index in [0.29, 0.717) is 5.56 Å². The Morgan fingerprint density at radius 1 is 1.00 bits per heavy atom. The number of piperazine rings is 1. The molecule has 2 aliphatic rings. The number of hydrogen-bond donors (Lipinski definition) is 0. The van der Waals surface area contributed by atoms with Crippen LogP contribution in [0.4, 0.5) is 4.39 Å². The Labute approximate surface area is 195 Å². The molecule has 0 bridgehead atoms. The molecule has 1 saturated heterocycles. The molecule has 0 saturated carbocycles. The van der Waals surface area contributed by atoms with Gasteiger partial charge in [0.1, 0.15) is 12.4 Å². The first-order chi connectivity index (χ1) is 16.3. The maximum Gasteiger partial charge on any atom is 0.437 e. The van der Waals surface area contributed by atoms with Crippen molar-refractivity contribution in [3.8, 4) is 11.5 Å². The molecule has 0 unspecified atom stereocenters. The van der Waals surface area contributed by atoms with Crippen LogP contribution in [0.15, 0.2) is 56.6 Å². The topological polar surface area (TPSA) is 106 Å². The lowest BCUT2D eigenvalue weighted by Crippen LogP contribution is -2.51. The summed E-state index contributed by atoms with van der Waals surface area (Å²) in [4.78, 5) is 26.6. The zero-order chi connectivity index (χ0) is 23.9. The summed E-state index contributed by atoms with van der Waals surface area (Å²) in [6, 6.07) is 10.6. The van der Waals surface area contributed by atoms with Crippen molar-refractivity contribution in [2.75, 3.05) is 26.2 Å². The minimum absolute atomic E-state index is 0.0111. The van der Waals surface area contributed by atoms with Crippen LogP contribution < -0.4 is 5.76 Å². The van der Waals surface area contributed by atoms with E-state index in [1.54, 1.807) is 12.1 Å². The molecule has 11 heteroatoms. The number of carbonyl (C=O) groups excluding carboxylic acids is 1. The van der Waals surface area contributed by atoms with Gasteiger partial charge < -0.3 is 9.32 Å². The number of aryl methyl sites for hydroxylation is 2. The predicted octanol–water partition coefficient (Wildman–Crippen LogP) is 1.66. The summed E-state index contributed by atoms with van der Waals surface area (Å²) < 4.78 is 46.7. The largest absolute Gasteiger partial charge is 0.437 e. The molecule has 9 nitrogen and oxygen atoms in total. The summed E-state index contributed by atoms with van der Waals surface area (Å²) in [6.45, 7) is 0.418. The first-order valence-corrected chi connectivity index (χ1v) is 12.5. The van der Waals surface area contributed by atoms with E-state index in [9.17, 15) is 22.4 Å². The number of amides is 1. The van der Waals surface area contributed by atoms with Gasteiger partial charge in [-0.25, -0.2) is 17.6 Å². The lowest BCUT2D eigenvalue weighted by atomic mass is 10.1. The molecule has 0 spiro atoms. The van der Waals surface area contributed by atoms with Crippen LogP contribution in [0.25, 0.3) is 11.5 Å². The maximum atomic E-state index is 13.1. The highest BCUT2D eigenvalue weighted by atomic mass is 32.2. The first kappa shape index (κ1) is 22.5. The van der Waals surface area contributed by atoms with Crippen molar-refractivity contribution in [1.29, 1.82) is 0 Å². The number of rotatable bonds is 5. The third kappa shape index (κ3) is 4.28. The fraction of sp³-hybridized carbons (Fsp3) is 0.348. The van der Waals surface area contributed by atoms with E-state index in [2.05, 4.69) is 5.10 Å². The number of fused-ring (bicyclic) bond motifs is 1. The second kappa shape index (κ2) is 8.80. The molecular formula is C23H23FN4O5S. The van der Waals surface area contributed by atoms with Gasteiger partial charge in [-0.2, -0.15) is 8.99 Å². The number of halogens is 1. The summed E-state index contributed by atoms with van der Waals surface area (Å²) in [5, 5.41) is 4.03. The minimum Gasteiger partial charge on any atom is -0.388 e. The fourth-order valence-corrected chi connectivity index (χ4v) is 5.85. The van der Waals surface area contributed by atoms with Crippen LogP contribution in [0.3, 0.4) is 0 Å². The van der Waals surface area contributed by atoms with Crippen LogP contribution in [-0.4, -0.2) is 59.5 Å². The van der Waals surface area contributed by atoms with Gasteiger partial charge in [0, 0.05) is 31.7 Å². The third-order valence-electron chi connectivity index (χ3n) is 6.28. The van der Waals surface area contributed by atoms with Crippen LogP contribution >= 0.6 is 0 Å². The highest BCUT2D eigenvalue weighted by Gasteiger charge is 2.31. The average Bonchev–Trinajstić information content (AvgIpc) is 3.45. The van der Waals surface area contributed by atoms with Crippen LogP contribution in [-0.2, 0) is 34.2 Å². The van der Waals surface area contributed by atoms with E-state index in [4.69, 9.17) is 4.42 Å². The molecule has 0 N–H and O–H groups in total. The van der Waals surface area contributed by atoms with Crippen molar-refractivity contribution in [2.45, 2.75) is 30.7 Å². The first-order valence-electron chi connectivity index (χ1n) is 11.0. The molecule has 2 heterocycles. The number of carbonyl (C=O) groups is 1. The van der Waals surface area contributed by atoms with Gasteiger partial charge >= 0.3 is 5.76 Å². The number of sulfonamides is 1. The van der Waals surface area contributed by atoms with Crippen molar-refractivity contribution >= 4 is 15.9 Å². The second-order valence-electron chi connectivity index (χ2n) is 8.41. The smallest absolute Gasteiger partial charge is 0.388 e. The Balaban J connectivity index is 1.22. The van der Waals surface area contributed by atoms with Gasteiger partial charge in [0.25, 0.3) is 0 Å². The molecule has 0 atom stereocenters. The highest BCUT2D eigenvalue weighted by molar-refractivity contribution is 7.89. The normalized spacial score (nSPS) is 16.6. The van der Waals surface area contributed by atoms with Crippen molar-refractivity contribution in [1.82, 2.24) is 19.0 Å². The molecule has 1 amide bonds. The zero-order valence-electron chi connectivity index (χ0n) is 18.3. The Hall–Kier alpha value is -3.31. The Morgan fingerprint density at radius 3 is 2.44 bits per heavy atom. The van der Waals surface area contributed by atoms with Crippen molar-refractivity contribution in [2.24, 2.45) is 0 Å². The molecule has 1 aromatic heterocycles. The number of aromatic nitrogens is 2. The molecule has 5 rings (SSSR count). The molecule has 1 fully saturated rings. The third-order valence-corrected chi connectivity index (χ3v) is 8.18. The lowest BCUT2D eigenvalue weighted by molar-refractivity contribution is -0.133. The van der Waals surface area contributed by atoms with E-state index in [-0.39, 0.29) is 49.4 Å². The summed E-state index contributed by atoms with van der Waals surface area (Å²) in [5.74, 6) is -1.61. The summed E-state index contributed by atoms with van der Waals surface area (Å²) in [6.07, 6.45) is 2.92. The van der Waals surface area contributed by atoms with Gasteiger partial charge in [0.15, 0.2) is 0 Å². The monoisotopic (exact) mass is 486 g/mol. The predicted molar refractivity (Wildman–Crippen MR) is 120 cm³/mol. The number of nitrogens with zero attached hydrogens (tertiary/aromatic N) is 4. The van der Waals surface area contributed by atoms with Gasteiger partial charge in [-0.15, -0.1) is 5.10 Å². The zero-order valence-corrected chi connectivity index (χ0v) is 19.1. The Morgan fingerprint density at radius 2 is 1.71 bits per heavy atom. The summed E-state index contributed by atoms with van der Waals surface area (Å²) >= 11 is 0. The van der Waals surface area contributed by atoms with Gasteiger partial charge in [0.2, 0.25) is 21.8 Å². The van der Waals surface area contributed by atoms with Gasteiger partial charge in [-0.3, -0.25) is 4.79 Å². The molecule has 3 aromatic rings. The maximum absolute atomic E-state index is 13.1. The van der Waals surface area contributed by atoms with Crippen LogP contribution in [0.5, 0.6) is 0 Å². The number of hydrogen-bond acceptors (Lipinski definition) is 6. The fourth-order valence-electron chi connectivity index (χ4n) is 4.38. The van der Waals surface area contributed by atoms with Crippen molar-refractivity contribution in [3.05, 3.63) is 70.0 Å². The van der Waals surface area contributed by atoms with E-state index < -0.39 is 21.6 Å². The van der Waals surface area contributed by atoms with E-state index >= 15 is 0 Å². The van der Waals surface area contributed by atoms with Crippen molar-refractivity contribution in [3.63, 3.8) is 0 Å². The second-order valence-corrected chi connectivity index (χ2v) is 10.3. The average molecular weight is 487 g/mol. The Kier molecular flexibility index (Phi) is 5.82. The van der Waals surface area contributed by atoms with Gasteiger partial charge in [0.05, 0.1) is 4.90 Å². The van der Waals surface area contributed by atoms with Gasteiger partial charge in [-0.05, 0) is 66.8 Å². The minimum atomic E-state index is -3.64. The van der Waals surface area contributed by atoms with Crippen LogP contribution in [0.1, 0.15) is 17.5 Å². The van der Waals surface area contributed by atoms with E-state index in [1.165, 1.54) is 39.0 Å². The standard InChI is InChI=1S/C23H23FN4O5S/c24-19-7-4-17(5-8-19)22-25-28(23(30)33-22)15-21(29)26-10-12-27(13-11-26)34(31,32)20-9-6-16-2-1-3-18(16)14-20/h4-9,14H,1-3,10-13,15H2. The molecule has 1 aliphatic heterocycles. The van der Waals surface area contributed by atoms with Crippen molar-refractivity contribution < 1.29 is 22.0 Å². The summed E-state index contributed by atoms with van der Waals surface area (Å²) in [5.41, 5.74) is 2.71. The van der Waals surface area contributed by atoms with Gasteiger partial charge in [-0.1, -0.05) is 6.07 Å². The van der Waals surface area contributed by atoms with E-state index in [0.717, 1.165) is 29.5 Å². The molecular weight excluding hydrogens is 463 g/mol. The Bertz CT molecular complexity index is 1390.